The van der Waals surface area contributed by atoms with Crippen molar-refractivity contribution in [2.75, 3.05) is 36.5 Å². The van der Waals surface area contributed by atoms with Gasteiger partial charge in [-0.2, -0.15) is 20.5 Å². The van der Waals surface area contributed by atoms with E-state index in [-0.39, 0.29) is 5.75 Å². The van der Waals surface area contributed by atoms with Crippen molar-refractivity contribution in [3.05, 3.63) is 59.2 Å². The zero-order valence-corrected chi connectivity index (χ0v) is 18.1. The van der Waals surface area contributed by atoms with Gasteiger partial charge in [0.2, 0.25) is 0 Å². The molecule has 0 spiro atoms. The van der Waals surface area contributed by atoms with Crippen LogP contribution in [0.2, 0.25) is 0 Å². The lowest BCUT2D eigenvalue weighted by Crippen LogP contribution is -2.36. The molecule has 0 radical (unpaired) electrons. The first-order valence-electron chi connectivity index (χ1n) is 9.95. The summed E-state index contributed by atoms with van der Waals surface area (Å²) < 4.78 is 29.9. The first-order valence-corrected chi connectivity index (χ1v) is 11.1. The topological polar surface area (TPSA) is 48.9 Å². The highest BCUT2D eigenvalue weighted by atomic mass is 32.2. The van der Waals surface area contributed by atoms with Crippen molar-refractivity contribution < 1.29 is 13.5 Å². The van der Waals surface area contributed by atoms with Crippen LogP contribution >= 0.6 is 11.8 Å². The summed E-state index contributed by atoms with van der Waals surface area (Å²) >= 11 is 2.00. The van der Waals surface area contributed by atoms with Crippen LogP contribution < -0.4 is 20.3 Å². The van der Waals surface area contributed by atoms with Gasteiger partial charge in [0.15, 0.2) is 5.96 Å². The van der Waals surface area contributed by atoms with Crippen LogP contribution in [0.4, 0.5) is 14.5 Å². The number of aliphatic imine (C=N–C) groups is 1. The standard InChI is InChI=1S/C22H28F2N4OS/c1-16-3-8-20(29-21(23)24)18(13-16)15-27-22(25-2)26-14-17-4-6-19(7-5-17)28-9-11-30-12-10-28/h3-8,13,21H,9-12,14-15H2,1-2H3,(H2,25,26,27). The van der Waals surface area contributed by atoms with Crippen LogP contribution in [-0.2, 0) is 13.1 Å². The minimum absolute atomic E-state index is 0.172. The number of ether oxygens (including phenoxy) is 1. The van der Waals surface area contributed by atoms with E-state index in [1.54, 1.807) is 19.2 Å². The summed E-state index contributed by atoms with van der Waals surface area (Å²) in [5.74, 6) is 3.12. The van der Waals surface area contributed by atoms with Crippen LogP contribution in [0.5, 0.6) is 5.75 Å². The van der Waals surface area contributed by atoms with Crippen molar-refractivity contribution in [2.45, 2.75) is 26.6 Å². The molecule has 1 aliphatic rings. The number of nitrogens with zero attached hydrogens (tertiary/aromatic N) is 2. The molecule has 30 heavy (non-hydrogen) atoms. The quantitative estimate of drug-likeness (QED) is 0.509. The minimum atomic E-state index is -2.85. The van der Waals surface area contributed by atoms with Gasteiger partial charge in [-0.05, 0) is 30.7 Å². The zero-order chi connectivity index (χ0) is 21.3. The van der Waals surface area contributed by atoms with Crippen LogP contribution in [0.25, 0.3) is 0 Å². The number of guanidine groups is 1. The number of aryl methyl sites for hydroxylation is 1. The molecule has 1 fully saturated rings. The Hall–Kier alpha value is -2.48. The van der Waals surface area contributed by atoms with E-state index in [1.165, 1.54) is 17.2 Å². The van der Waals surface area contributed by atoms with Crippen molar-refractivity contribution in [3.63, 3.8) is 0 Å². The van der Waals surface area contributed by atoms with Gasteiger partial charge in [0, 0.05) is 56.0 Å². The Kier molecular flexibility index (Phi) is 8.19. The van der Waals surface area contributed by atoms with Crippen LogP contribution in [-0.4, -0.2) is 44.2 Å². The average molecular weight is 435 g/mol. The average Bonchev–Trinajstić information content (AvgIpc) is 2.76. The number of hydrogen-bond acceptors (Lipinski definition) is 4. The number of hydrogen-bond donors (Lipinski definition) is 2. The van der Waals surface area contributed by atoms with Gasteiger partial charge in [-0.25, -0.2) is 0 Å². The van der Waals surface area contributed by atoms with E-state index in [2.05, 4.69) is 49.5 Å². The van der Waals surface area contributed by atoms with Crippen molar-refractivity contribution >= 4 is 23.4 Å². The predicted octanol–water partition coefficient (Wildman–Crippen LogP) is 4.01. The van der Waals surface area contributed by atoms with Crippen LogP contribution in [0.1, 0.15) is 16.7 Å². The monoisotopic (exact) mass is 434 g/mol. The smallest absolute Gasteiger partial charge is 0.387 e. The highest BCUT2D eigenvalue weighted by Gasteiger charge is 2.12. The summed E-state index contributed by atoms with van der Waals surface area (Å²) in [5, 5.41) is 6.43. The largest absolute Gasteiger partial charge is 0.434 e. The molecule has 0 amide bonds. The summed E-state index contributed by atoms with van der Waals surface area (Å²) in [7, 11) is 1.68. The van der Waals surface area contributed by atoms with Gasteiger partial charge in [0.05, 0.1) is 0 Å². The fourth-order valence-corrected chi connectivity index (χ4v) is 4.19. The Morgan fingerprint density at radius 2 is 1.80 bits per heavy atom. The lowest BCUT2D eigenvalue weighted by atomic mass is 10.1. The number of rotatable bonds is 7. The predicted molar refractivity (Wildman–Crippen MR) is 121 cm³/mol. The highest BCUT2D eigenvalue weighted by Crippen LogP contribution is 2.22. The second-order valence-electron chi connectivity index (χ2n) is 7.03. The number of nitrogens with one attached hydrogen (secondary N) is 2. The molecule has 0 bridgehead atoms. The molecule has 5 nitrogen and oxygen atoms in total. The van der Waals surface area contributed by atoms with Crippen molar-refractivity contribution in [3.8, 4) is 5.75 Å². The molecule has 1 saturated heterocycles. The molecule has 162 valence electrons. The van der Waals surface area contributed by atoms with Crippen molar-refractivity contribution in [1.82, 2.24) is 10.6 Å². The molecule has 1 aliphatic heterocycles. The maximum atomic E-state index is 12.6. The van der Waals surface area contributed by atoms with E-state index in [9.17, 15) is 8.78 Å². The molecule has 0 aromatic heterocycles. The maximum absolute atomic E-state index is 12.6. The van der Waals surface area contributed by atoms with Crippen LogP contribution in [0.3, 0.4) is 0 Å². The first kappa shape index (κ1) is 22.2. The minimum Gasteiger partial charge on any atom is -0.434 e. The third kappa shape index (κ3) is 6.52. The summed E-state index contributed by atoms with van der Waals surface area (Å²) in [6, 6.07) is 13.7. The molecule has 2 aromatic rings. The molecular weight excluding hydrogens is 406 g/mol. The zero-order valence-electron chi connectivity index (χ0n) is 17.3. The highest BCUT2D eigenvalue weighted by molar-refractivity contribution is 7.99. The second-order valence-corrected chi connectivity index (χ2v) is 8.26. The molecule has 2 N–H and O–H groups in total. The summed E-state index contributed by atoms with van der Waals surface area (Å²) in [6.07, 6.45) is 0. The van der Waals surface area contributed by atoms with E-state index in [0.29, 0.717) is 24.6 Å². The van der Waals surface area contributed by atoms with Gasteiger partial charge in [-0.15, -0.1) is 0 Å². The third-order valence-corrected chi connectivity index (χ3v) is 5.82. The summed E-state index contributed by atoms with van der Waals surface area (Å²) in [6.45, 7) is 2.19. The van der Waals surface area contributed by atoms with Gasteiger partial charge < -0.3 is 20.3 Å². The number of benzene rings is 2. The molecule has 3 rings (SSSR count). The fraction of sp³-hybridized carbons (Fsp3) is 0.409. The van der Waals surface area contributed by atoms with Crippen LogP contribution in [0.15, 0.2) is 47.5 Å². The van der Waals surface area contributed by atoms with Gasteiger partial charge in [-0.1, -0.05) is 29.8 Å². The Bertz CT molecular complexity index is 840. The molecule has 0 unspecified atom stereocenters. The molecule has 8 heteroatoms. The second kappa shape index (κ2) is 11.1. The SMILES string of the molecule is CN=C(NCc1ccc(N2CCSCC2)cc1)NCc1cc(C)ccc1OC(F)F. The molecule has 0 atom stereocenters. The third-order valence-electron chi connectivity index (χ3n) is 4.87. The van der Waals surface area contributed by atoms with E-state index < -0.39 is 6.61 Å². The Labute approximate surface area is 180 Å². The van der Waals surface area contributed by atoms with Gasteiger partial charge >= 0.3 is 6.61 Å². The first-order chi connectivity index (χ1) is 14.5. The number of alkyl halides is 2. The van der Waals surface area contributed by atoms with Gasteiger partial charge in [0.25, 0.3) is 0 Å². The molecule has 1 heterocycles. The maximum Gasteiger partial charge on any atom is 0.387 e. The molecule has 0 saturated carbocycles. The number of thioether (sulfide) groups is 1. The Balaban J connectivity index is 1.53. The normalized spacial score (nSPS) is 14.7. The number of anilines is 1. The van der Waals surface area contributed by atoms with Crippen LogP contribution in [0, 0.1) is 6.92 Å². The lowest BCUT2D eigenvalue weighted by Gasteiger charge is -2.28. The fourth-order valence-electron chi connectivity index (χ4n) is 3.29. The van der Waals surface area contributed by atoms with E-state index in [1.807, 2.05) is 24.8 Å². The van der Waals surface area contributed by atoms with E-state index >= 15 is 0 Å². The molecule has 2 aromatic carbocycles. The van der Waals surface area contributed by atoms with E-state index in [0.717, 1.165) is 24.2 Å². The van der Waals surface area contributed by atoms with Gasteiger partial charge in [-0.3, -0.25) is 4.99 Å². The molecular formula is C22H28F2N4OS. The lowest BCUT2D eigenvalue weighted by molar-refractivity contribution is -0.0504. The molecule has 0 aliphatic carbocycles. The summed E-state index contributed by atoms with van der Waals surface area (Å²) in [5.41, 5.74) is 4.03. The van der Waals surface area contributed by atoms with Crippen molar-refractivity contribution in [1.29, 1.82) is 0 Å². The Morgan fingerprint density at radius 3 is 2.47 bits per heavy atom. The van der Waals surface area contributed by atoms with Gasteiger partial charge in [0.1, 0.15) is 5.75 Å². The van der Waals surface area contributed by atoms with E-state index in [4.69, 9.17) is 0 Å². The van der Waals surface area contributed by atoms with Crippen molar-refractivity contribution in [2.24, 2.45) is 4.99 Å². The Morgan fingerprint density at radius 1 is 1.10 bits per heavy atom. The number of halogens is 2. The summed E-state index contributed by atoms with van der Waals surface area (Å²) in [4.78, 5) is 6.63.